The van der Waals surface area contributed by atoms with Crippen molar-refractivity contribution in [1.29, 1.82) is 5.26 Å². The minimum Gasteiger partial charge on any atom is -0.380 e. The molecule has 1 fully saturated rings. The lowest BCUT2D eigenvalue weighted by Gasteiger charge is -2.37. The Bertz CT molecular complexity index is 1240. The fourth-order valence-corrected chi connectivity index (χ4v) is 4.72. The topological polar surface area (TPSA) is 111 Å². The highest BCUT2D eigenvalue weighted by atomic mass is 32.2. The normalized spacial score (nSPS) is 19.3. The molecule has 2 aromatic heterocycles. The molecular formula is C19H16F3N5O2S. The van der Waals surface area contributed by atoms with Crippen LogP contribution in [-0.2, 0) is 16.2 Å². The Morgan fingerprint density at radius 3 is 2.67 bits per heavy atom. The number of pyridine rings is 1. The van der Waals surface area contributed by atoms with Gasteiger partial charge >= 0.3 is 6.18 Å². The van der Waals surface area contributed by atoms with Crippen LogP contribution in [0.4, 0.5) is 18.9 Å². The predicted molar refractivity (Wildman–Crippen MR) is 103 cm³/mol. The monoisotopic (exact) mass is 435 g/mol. The Hall–Kier alpha value is -3.10. The average Bonchev–Trinajstić information content (AvgIpc) is 3.15. The van der Waals surface area contributed by atoms with Crippen LogP contribution in [0, 0.1) is 11.3 Å². The van der Waals surface area contributed by atoms with Crippen LogP contribution >= 0.6 is 0 Å². The van der Waals surface area contributed by atoms with E-state index in [0.29, 0.717) is 35.8 Å². The summed E-state index contributed by atoms with van der Waals surface area (Å²) in [5.74, 6) is 0. The molecule has 0 aliphatic heterocycles. The molecule has 156 valence electrons. The third-order valence-corrected chi connectivity index (χ3v) is 6.51. The van der Waals surface area contributed by atoms with Crippen LogP contribution in [-0.4, -0.2) is 30.5 Å². The Morgan fingerprint density at radius 2 is 1.97 bits per heavy atom. The van der Waals surface area contributed by atoms with Gasteiger partial charge in [0.25, 0.3) is 0 Å². The third kappa shape index (κ3) is 3.83. The second kappa shape index (κ2) is 7.30. The molecule has 1 saturated carbocycles. The summed E-state index contributed by atoms with van der Waals surface area (Å²) >= 11 is 0. The maximum atomic E-state index is 12.9. The van der Waals surface area contributed by atoms with E-state index in [1.165, 1.54) is 6.20 Å². The number of sulfonamides is 1. The zero-order chi connectivity index (χ0) is 21.5. The van der Waals surface area contributed by atoms with Crippen molar-refractivity contribution >= 4 is 26.7 Å². The number of anilines is 1. The largest absolute Gasteiger partial charge is 0.416 e. The van der Waals surface area contributed by atoms with Crippen molar-refractivity contribution in [3.63, 3.8) is 0 Å². The molecule has 0 atom stereocenters. The van der Waals surface area contributed by atoms with Crippen LogP contribution in [0.15, 0.2) is 47.6 Å². The molecule has 30 heavy (non-hydrogen) atoms. The first-order valence-electron chi connectivity index (χ1n) is 9.00. The molecule has 0 saturated heterocycles. The maximum Gasteiger partial charge on any atom is 0.416 e. The second-order valence-electron chi connectivity index (χ2n) is 7.06. The SMILES string of the molecule is N#Cc1cnc2[nH]ccc2c1N[C@H]1C[C@@H](NS(=O)(=O)c2cccc(C(F)(F)F)c2)C1. The highest BCUT2D eigenvalue weighted by Gasteiger charge is 2.35. The lowest BCUT2D eigenvalue weighted by Crippen LogP contribution is -2.49. The quantitative estimate of drug-likeness (QED) is 0.569. The van der Waals surface area contributed by atoms with E-state index in [1.54, 1.807) is 12.3 Å². The molecule has 7 nitrogen and oxygen atoms in total. The van der Waals surface area contributed by atoms with E-state index in [-0.39, 0.29) is 6.04 Å². The van der Waals surface area contributed by atoms with Crippen LogP contribution in [0.25, 0.3) is 11.0 Å². The number of benzene rings is 1. The number of nitriles is 1. The number of nitrogens with zero attached hydrogens (tertiary/aromatic N) is 2. The molecule has 3 aromatic rings. The van der Waals surface area contributed by atoms with Gasteiger partial charge in [-0.15, -0.1) is 0 Å². The fourth-order valence-electron chi connectivity index (χ4n) is 3.41. The Kier molecular flexibility index (Phi) is 4.91. The summed E-state index contributed by atoms with van der Waals surface area (Å²) in [4.78, 5) is 6.69. The van der Waals surface area contributed by atoms with Crippen molar-refractivity contribution < 1.29 is 21.6 Å². The van der Waals surface area contributed by atoms with Gasteiger partial charge in [0.1, 0.15) is 11.7 Å². The molecule has 4 rings (SSSR count). The van der Waals surface area contributed by atoms with E-state index in [4.69, 9.17) is 0 Å². The minimum atomic E-state index is -4.62. The van der Waals surface area contributed by atoms with Gasteiger partial charge in [-0.2, -0.15) is 18.4 Å². The Balaban J connectivity index is 1.44. The molecule has 0 amide bonds. The smallest absolute Gasteiger partial charge is 0.380 e. The number of H-pyrrole nitrogens is 1. The van der Waals surface area contributed by atoms with E-state index >= 15 is 0 Å². The van der Waals surface area contributed by atoms with Crippen LogP contribution < -0.4 is 10.0 Å². The first-order valence-corrected chi connectivity index (χ1v) is 10.5. The Morgan fingerprint density at radius 1 is 1.20 bits per heavy atom. The van der Waals surface area contributed by atoms with Crippen LogP contribution in [0.3, 0.4) is 0 Å². The molecule has 0 unspecified atom stereocenters. The van der Waals surface area contributed by atoms with Gasteiger partial charge in [0, 0.05) is 29.9 Å². The van der Waals surface area contributed by atoms with Crippen LogP contribution in [0.2, 0.25) is 0 Å². The van der Waals surface area contributed by atoms with Gasteiger partial charge in [-0.05, 0) is 37.1 Å². The van der Waals surface area contributed by atoms with Gasteiger partial charge in [-0.3, -0.25) is 0 Å². The molecule has 2 heterocycles. The molecular weight excluding hydrogens is 419 g/mol. The summed E-state index contributed by atoms with van der Waals surface area (Å²) in [5.41, 5.74) is 0.594. The van der Waals surface area contributed by atoms with Crippen molar-refractivity contribution in [1.82, 2.24) is 14.7 Å². The van der Waals surface area contributed by atoms with E-state index in [0.717, 1.165) is 23.6 Å². The summed E-state index contributed by atoms with van der Waals surface area (Å²) in [6.07, 6.45) is -0.609. The highest BCUT2D eigenvalue weighted by Crippen LogP contribution is 2.33. The van der Waals surface area contributed by atoms with E-state index in [9.17, 15) is 26.9 Å². The third-order valence-electron chi connectivity index (χ3n) is 4.99. The summed E-state index contributed by atoms with van der Waals surface area (Å²) in [6.45, 7) is 0. The number of alkyl halides is 3. The summed E-state index contributed by atoms with van der Waals surface area (Å²) < 4.78 is 65.9. The number of aromatic nitrogens is 2. The molecule has 0 radical (unpaired) electrons. The lowest BCUT2D eigenvalue weighted by atomic mass is 9.87. The zero-order valence-corrected chi connectivity index (χ0v) is 16.2. The van der Waals surface area contributed by atoms with Gasteiger partial charge in [0.15, 0.2) is 0 Å². The molecule has 1 aliphatic rings. The first kappa shape index (κ1) is 20.2. The fraction of sp³-hybridized carbons (Fsp3) is 0.263. The first-order chi connectivity index (χ1) is 14.2. The number of nitrogens with one attached hydrogen (secondary N) is 3. The van der Waals surface area contributed by atoms with Crippen molar-refractivity contribution in [2.45, 2.75) is 36.0 Å². The second-order valence-corrected chi connectivity index (χ2v) is 8.77. The number of hydrogen-bond donors (Lipinski definition) is 3. The molecule has 1 aromatic carbocycles. The molecule has 3 N–H and O–H groups in total. The van der Waals surface area contributed by atoms with Crippen molar-refractivity contribution in [2.75, 3.05) is 5.32 Å². The van der Waals surface area contributed by atoms with Gasteiger partial charge in [-0.25, -0.2) is 18.1 Å². The molecule has 0 spiro atoms. The number of halogens is 3. The van der Waals surface area contributed by atoms with Crippen molar-refractivity contribution in [3.8, 4) is 6.07 Å². The molecule has 1 aliphatic carbocycles. The number of rotatable bonds is 5. The van der Waals surface area contributed by atoms with E-state index < -0.39 is 32.7 Å². The van der Waals surface area contributed by atoms with E-state index in [1.807, 2.05) is 0 Å². The van der Waals surface area contributed by atoms with E-state index in [2.05, 4.69) is 26.1 Å². The van der Waals surface area contributed by atoms with Gasteiger partial charge in [0.2, 0.25) is 10.0 Å². The van der Waals surface area contributed by atoms with Gasteiger partial charge in [-0.1, -0.05) is 6.07 Å². The van der Waals surface area contributed by atoms with Crippen LogP contribution in [0.1, 0.15) is 24.0 Å². The number of aromatic amines is 1. The standard InChI is InChI=1S/C19H16F3N5O2S/c20-19(21,22)12-2-1-3-15(6-12)30(28,29)27-14-7-13(8-14)26-17-11(9-23)10-25-18-16(17)4-5-24-18/h1-6,10,13-14,27H,7-8H2,(H2,24,25,26)/t13-,14+. The van der Waals surface area contributed by atoms with Crippen molar-refractivity contribution in [2.24, 2.45) is 0 Å². The lowest BCUT2D eigenvalue weighted by molar-refractivity contribution is -0.137. The van der Waals surface area contributed by atoms with Crippen molar-refractivity contribution in [3.05, 3.63) is 53.9 Å². The molecule has 0 bridgehead atoms. The molecule has 11 heteroatoms. The maximum absolute atomic E-state index is 12.9. The number of hydrogen-bond acceptors (Lipinski definition) is 5. The zero-order valence-electron chi connectivity index (χ0n) is 15.4. The summed E-state index contributed by atoms with van der Waals surface area (Å²) in [6, 6.07) is 7.00. The average molecular weight is 435 g/mol. The Labute approximate surface area is 170 Å². The number of fused-ring (bicyclic) bond motifs is 1. The van der Waals surface area contributed by atoms with Crippen LogP contribution in [0.5, 0.6) is 0 Å². The van der Waals surface area contributed by atoms with Gasteiger partial charge < -0.3 is 10.3 Å². The summed E-state index contributed by atoms with van der Waals surface area (Å²) in [7, 11) is -4.08. The predicted octanol–water partition coefficient (Wildman–Crippen LogP) is 3.37. The minimum absolute atomic E-state index is 0.0909. The highest BCUT2D eigenvalue weighted by molar-refractivity contribution is 7.89. The van der Waals surface area contributed by atoms with Gasteiger partial charge in [0.05, 0.1) is 21.7 Å². The summed E-state index contributed by atoms with van der Waals surface area (Å²) in [5, 5.41) is 13.3.